The lowest BCUT2D eigenvalue weighted by Crippen LogP contribution is -2.48. The van der Waals surface area contributed by atoms with Crippen LogP contribution in [0.4, 0.5) is 0 Å². The van der Waals surface area contributed by atoms with E-state index < -0.39 is 24.5 Å². The molecule has 0 saturated heterocycles. The van der Waals surface area contributed by atoms with Gasteiger partial charge in [0.25, 0.3) is 5.91 Å². The molecule has 10 heteroatoms. The van der Waals surface area contributed by atoms with Gasteiger partial charge in [0.15, 0.2) is 11.5 Å². The first-order chi connectivity index (χ1) is 13.6. The van der Waals surface area contributed by atoms with Gasteiger partial charge in [-0.3, -0.25) is 9.59 Å². The van der Waals surface area contributed by atoms with E-state index in [1.165, 1.54) is 0 Å². The van der Waals surface area contributed by atoms with E-state index in [0.717, 1.165) is 5.56 Å². The van der Waals surface area contributed by atoms with E-state index in [1.54, 1.807) is 36.4 Å². The first-order valence-electron chi connectivity index (χ1n) is 8.52. The Hall–Kier alpha value is -3.66. The molecule has 1 aliphatic heterocycles. The van der Waals surface area contributed by atoms with Crippen LogP contribution >= 0.6 is 0 Å². The average molecular weight is 383 g/mol. The Morgan fingerprint density at radius 2 is 1.93 bits per heavy atom. The second-order valence-electron chi connectivity index (χ2n) is 6.14. The van der Waals surface area contributed by atoms with Crippen LogP contribution in [0.3, 0.4) is 0 Å². The van der Waals surface area contributed by atoms with Gasteiger partial charge in [0.1, 0.15) is 17.1 Å². The predicted molar refractivity (Wildman–Crippen MR) is 96.6 cm³/mol. The van der Waals surface area contributed by atoms with Crippen molar-refractivity contribution in [3.05, 3.63) is 47.5 Å². The van der Waals surface area contributed by atoms with Crippen LogP contribution in [0.5, 0.6) is 11.5 Å². The smallest absolute Gasteiger partial charge is 0.252 e. The quantitative estimate of drug-likeness (QED) is 0.473. The van der Waals surface area contributed by atoms with Gasteiger partial charge in [-0.05, 0) is 35.9 Å². The molecule has 0 spiro atoms. The molecule has 0 aliphatic carbocycles. The van der Waals surface area contributed by atoms with Crippen molar-refractivity contribution in [2.75, 3.05) is 13.4 Å². The fourth-order valence-electron chi connectivity index (χ4n) is 2.78. The molecule has 28 heavy (non-hydrogen) atoms. The van der Waals surface area contributed by atoms with E-state index in [4.69, 9.17) is 9.47 Å². The van der Waals surface area contributed by atoms with Gasteiger partial charge in [-0.15, -0.1) is 0 Å². The molecule has 0 fully saturated rings. The van der Waals surface area contributed by atoms with Crippen molar-refractivity contribution in [1.29, 1.82) is 0 Å². The summed E-state index contributed by atoms with van der Waals surface area (Å²) in [7, 11) is 0. The van der Waals surface area contributed by atoms with Crippen LogP contribution in [-0.2, 0) is 11.3 Å². The summed E-state index contributed by atoms with van der Waals surface area (Å²) < 4.78 is 10.5. The van der Waals surface area contributed by atoms with Crippen molar-refractivity contribution in [3.8, 4) is 11.5 Å². The number of hydrogen-bond acceptors (Lipinski definition) is 7. The van der Waals surface area contributed by atoms with Crippen LogP contribution in [0.1, 0.15) is 15.9 Å². The molecule has 0 saturated carbocycles. The van der Waals surface area contributed by atoms with Gasteiger partial charge in [0.2, 0.25) is 12.7 Å². The molecule has 1 unspecified atom stereocenters. The van der Waals surface area contributed by atoms with Gasteiger partial charge in [-0.2, -0.15) is 15.4 Å². The molecule has 0 bridgehead atoms. The number of fused-ring (bicyclic) bond motifs is 2. The number of aromatic amines is 1. The fourth-order valence-corrected chi connectivity index (χ4v) is 2.78. The topological polar surface area (TPSA) is 138 Å². The molecule has 4 N–H and O–H groups in total. The van der Waals surface area contributed by atoms with Gasteiger partial charge in [0.05, 0.1) is 6.61 Å². The molecular formula is C18H17N5O5. The Morgan fingerprint density at radius 3 is 2.79 bits per heavy atom. The second kappa shape index (κ2) is 7.53. The van der Waals surface area contributed by atoms with Gasteiger partial charge in [0, 0.05) is 12.1 Å². The fraction of sp³-hybridized carbons (Fsp3) is 0.222. The molecule has 3 aromatic rings. The highest BCUT2D eigenvalue weighted by Gasteiger charge is 2.21. The monoisotopic (exact) mass is 383 g/mol. The second-order valence-corrected chi connectivity index (χ2v) is 6.14. The van der Waals surface area contributed by atoms with E-state index in [9.17, 15) is 14.7 Å². The molecule has 4 rings (SSSR count). The van der Waals surface area contributed by atoms with Crippen molar-refractivity contribution >= 4 is 22.8 Å². The minimum atomic E-state index is -1.09. The number of aromatic nitrogens is 3. The van der Waals surface area contributed by atoms with E-state index >= 15 is 0 Å². The number of carbonyl (C=O) groups excluding carboxylic acids is 2. The Morgan fingerprint density at radius 1 is 1.11 bits per heavy atom. The van der Waals surface area contributed by atoms with Crippen LogP contribution in [0, 0.1) is 0 Å². The normalized spacial score (nSPS) is 13.3. The third-order valence-corrected chi connectivity index (χ3v) is 4.29. The lowest BCUT2D eigenvalue weighted by molar-refractivity contribution is -0.124. The van der Waals surface area contributed by atoms with Crippen molar-refractivity contribution in [3.63, 3.8) is 0 Å². The van der Waals surface area contributed by atoms with E-state index in [1.807, 2.05) is 0 Å². The third kappa shape index (κ3) is 3.58. The lowest BCUT2D eigenvalue weighted by Gasteiger charge is -2.16. The Kier molecular flexibility index (Phi) is 4.77. The predicted octanol–water partition coefficient (Wildman–Crippen LogP) is 0.0937. The number of benzene rings is 2. The number of H-pyrrole nitrogens is 1. The number of nitrogens with zero attached hydrogens (tertiary/aromatic N) is 2. The number of amides is 2. The van der Waals surface area contributed by atoms with Crippen molar-refractivity contribution in [2.45, 2.75) is 12.6 Å². The van der Waals surface area contributed by atoms with Crippen LogP contribution in [0.2, 0.25) is 0 Å². The Bertz CT molecular complexity index is 1030. The SMILES string of the molecule is O=C(NC(CO)C(=O)NCc1ccc2c(c1)OCO2)c1ccc2n[nH]nc2c1. The Balaban J connectivity index is 1.37. The number of rotatable bonds is 6. The summed E-state index contributed by atoms with van der Waals surface area (Å²) in [5.41, 5.74) is 2.26. The summed E-state index contributed by atoms with van der Waals surface area (Å²) >= 11 is 0. The zero-order valence-electron chi connectivity index (χ0n) is 14.6. The highest BCUT2D eigenvalue weighted by atomic mass is 16.7. The van der Waals surface area contributed by atoms with Crippen LogP contribution in [0.25, 0.3) is 11.0 Å². The first kappa shape index (κ1) is 17.7. The summed E-state index contributed by atoms with van der Waals surface area (Å²) in [6.07, 6.45) is 0. The zero-order valence-corrected chi connectivity index (χ0v) is 14.6. The average Bonchev–Trinajstić information content (AvgIpc) is 3.37. The van der Waals surface area contributed by atoms with E-state index in [-0.39, 0.29) is 13.3 Å². The maximum absolute atomic E-state index is 12.4. The highest BCUT2D eigenvalue weighted by Crippen LogP contribution is 2.32. The highest BCUT2D eigenvalue weighted by molar-refractivity contribution is 5.99. The summed E-state index contributed by atoms with van der Waals surface area (Å²) in [6, 6.07) is 8.99. The minimum Gasteiger partial charge on any atom is -0.454 e. The van der Waals surface area contributed by atoms with E-state index in [0.29, 0.717) is 28.1 Å². The zero-order chi connectivity index (χ0) is 19.5. The molecular weight excluding hydrogens is 366 g/mol. The molecule has 0 radical (unpaired) electrons. The van der Waals surface area contributed by atoms with E-state index in [2.05, 4.69) is 26.0 Å². The van der Waals surface area contributed by atoms with Crippen molar-refractivity contribution < 1.29 is 24.2 Å². The molecule has 1 atom stereocenters. The minimum absolute atomic E-state index is 0.171. The number of aliphatic hydroxyl groups is 1. The van der Waals surface area contributed by atoms with Gasteiger partial charge in [-0.1, -0.05) is 6.07 Å². The molecule has 2 aromatic carbocycles. The van der Waals surface area contributed by atoms with Crippen molar-refractivity contribution in [2.24, 2.45) is 0 Å². The largest absolute Gasteiger partial charge is 0.454 e. The van der Waals surface area contributed by atoms with Crippen molar-refractivity contribution in [1.82, 2.24) is 26.0 Å². The molecule has 144 valence electrons. The van der Waals surface area contributed by atoms with Gasteiger partial charge >= 0.3 is 0 Å². The standard InChI is InChI=1S/C18H17N5O5/c24-8-14(20-17(25)11-2-3-12-13(6-11)22-23-21-12)18(26)19-7-10-1-4-15-16(5-10)28-9-27-15/h1-6,14,24H,7-9H2,(H,19,26)(H,20,25)(H,21,22,23). The summed E-state index contributed by atoms with van der Waals surface area (Å²) in [4.78, 5) is 24.7. The number of carbonyl (C=O) groups is 2. The molecule has 1 aliphatic rings. The third-order valence-electron chi connectivity index (χ3n) is 4.29. The maximum atomic E-state index is 12.4. The number of ether oxygens (including phenoxy) is 2. The maximum Gasteiger partial charge on any atom is 0.252 e. The Labute approximate surface area is 158 Å². The molecule has 2 heterocycles. The van der Waals surface area contributed by atoms with Crippen LogP contribution in [0.15, 0.2) is 36.4 Å². The van der Waals surface area contributed by atoms with Gasteiger partial charge < -0.3 is 25.2 Å². The first-order valence-corrected chi connectivity index (χ1v) is 8.52. The summed E-state index contributed by atoms with van der Waals surface area (Å²) in [5.74, 6) is 0.264. The number of aliphatic hydroxyl groups excluding tert-OH is 1. The lowest BCUT2D eigenvalue weighted by atomic mass is 10.1. The molecule has 2 amide bonds. The molecule has 1 aromatic heterocycles. The number of nitrogens with one attached hydrogen (secondary N) is 3. The number of hydrogen-bond donors (Lipinski definition) is 4. The van der Waals surface area contributed by atoms with Gasteiger partial charge in [-0.25, -0.2) is 0 Å². The summed E-state index contributed by atoms with van der Waals surface area (Å²) in [6.45, 7) is -0.151. The van der Waals surface area contributed by atoms with Crippen LogP contribution < -0.4 is 20.1 Å². The molecule has 10 nitrogen and oxygen atoms in total. The van der Waals surface area contributed by atoms with Crippen LogP contribution in [-0.4, -0.2) is 51.8 Å². The summed E-state index contributed by atoms with van der Waals surface area (Å²) in [5, 5.41) is 25.0.